The third kappa shape index (κ3) is 4.98. The van der Waals surface area contributed by atoms with E-state index in [1.54, 1.807) is 6.92 Å². The Hall–Kier alpha value is -2.82. The number of para-hydroxylation sites is 1. The van der Waals surface area contributed by atoms with Gasteiger partial charge in [0.2, 0.25) is 10.0 Å². The van der Waals surface area contributed by atoms with Crippen LogP contribution < -0.4 is 0 Å². The number of nitrogens with zero attached hydrogens (tertiary/aromatic N) is 3. The summed E-state index contributed by atoms with van der Waals surface area (Å²) in [4.78, 5) is 25.0. The second kappa shape index (κ2) is 9.81. The number of methoxy groups -OCH3 is 1. The Bertz CT molecular complexity index is 1160. The predicted octanol–water partition coefficient (Wildman–Crippen LogP) is 2.95. The lowest BCUT2D eigenvalue weighted by molar-refractivity contribution is -0.387. The summed E-state index contributed by atoms with van der Waals surface area (Å²) in [6.07, 6.45) is 2.91. The average molecular weight is 488 g/mol. The average Bonchev–Trinajstić information content (AvgIpc) is 3.68. The van der Waals surface area contributed by atoms with Gasteiger partial charge in [-0.15, -0.1) is 0 Å². The Labute approximate surface area is 199 Å². The van der Waals surface area contributed by atoms with E-state index in [2.05, 4.69) is 12.1 Å². The van der Waals surface area contributed by atoms with Crippen LogP contribution in [0.25, 0.3) is 0 Å². The summed E-state index contributed by atoms with van der Waals surface area (Å²) in [5.41, 5.74) is 1.89. The lowest BCUT2D eigenvalue weighted by atomic mass is 10.0. The van der Waals surface area contributed by atoms with Gasteiger partial charge in [0.05, 0.1) is 12.0 Å². The molecule has 182 valence electrons. The molecule has 10 heteroatoms. The summed E-state index contributed by atoms with van der Waals surface area (Å²) in [5.74, 6) is 0.287. The van der Waals surface area contributed by atoms with Crippen LogP contribution in [-0.4, -0.2) is 67.3 Å². The fourth-order valence-electron chi connectivity index (χ4n) is 4.63. The van der Waals surface area contributed by atoms with Gasteiger partial charge >= 0.3 is 5.97 Å². The van der Waals surface area contributed by atoms with Gasteiger partial charge in [-0.3, -0.25) is 19.8 Å². The van der Waals surface area contributed by atoms with E-state index < -0.39 is 32.7 Å². The van der Waals surface area contributed by atoms with E-state index in [4.69, 9.17) is 4.74 Å². The van der Waals surface area contributed by atoms with Crippen molar-refractivity contribution in [2.24, 2.45) is 0 Å². The van der Waals surface area contributed by atoms with Crippen molar-refractivity contribution in [2.45, 2.75) is 49.1 Å². The third-order valence-corrected chi connectivity index (χ3v) is 8.68. The van der Waals surface area contributed by atoms with Crippen molar-refractivity contribution in [1.82, 2.24) is 9.21 Å². The highest BCUT2D eigenvalue weighted by atomic mass is 32.2. The van der Waals surface area contributed by atoms with Crippen molar-refractivity contribution in [3.05, 3.63) is 69.8 Å². The number of nitro benzene ring substituents is 1. The number of hydrogen-bond acceptors (Lipinski definition) is 7. The molecule has 2 aromatic rings. The number of hydrogen-bond donors (Lipinski definition) is 0. The van der Waals surface area contributed by atoms with E-state index in [0.717, 1.165) is 5.56 Å². The van der Waals surface area contributed by atoms with E-state index in [1.165, 1.54) is 54.1 Å². The molecule has 0 unspecified atom stereocenters. The number of carbonyl (C=O) groups is 1. The van der Waals surface area contributed by atoms with Gasteiger partial charge in [-0.25, -0.2) is 8.42 Å². The number of piperazine rings is 1. The van der Waals surface area contributed by atoms with Gasteiger partial charge in [0.25, 0.3) is 5.69 Å². The molecule has 0 amide bonds. The maximum atomic E-state index is 13.3. The van der Waals surface area contributed by atoms with Crippen molar-refractivity contribution in [3.63, 3.8) is 0 Å². The molecule has 0 spiro atoms. The zero-order valence-corrected chi connectivity index (χ0v) is 20.1. The van der Waals surface area contributed by atoms with E-state index in [-0.39, 0.29) is 17.4 Å². The molecule has 0 aromatic heterocycles. The minimum Gasteiger partial charge on any atom is -0.468 e. The largest absolute Gasteiger partial charge is 0.468 e. The van der Waals surface area contributed by atoms with Gasteiger partial charge in [0.1, 0.15) is 6.04 Å². The molecule has 1 heterocycles. The summed E-state index contributed by atoms with van der Waals surface area (Å²) in [5, 5.41) is 11.4. The minimum absolute atomic E-state index is 0.115. The van der Waals surface area contributed by atoms with Crippen LogP contribution in [0.5, 0.6) is 0 Å². The molecule has 34 heavy (non-hydrogen) atoms. The lowest BCUT2D eigenvalue weighted by Crippen LogP contribution is -2.58. The molecule has 9 nitrogen and oxygen atoms in total. The third-order valence-electron chi connectivity index (χ3n) is 6.62. The van der Waals surface area contributed by atoms with Gasteiger partial charge in [0.15, 0.2) is 4.90 Å². The standard InChI is InChI=1S/C24H29N3O6S/c1-17-16-25(13-14-26(17)34(31,32)23-6-4-3-5-21(23)27(29)30)22(24(28)33-2)15-18-7-9-19(10-8-18)20-11-12-20/h3-10,17,20,22H,11-16H2,1-2H3/t17-,22-/m0/s1. The highest BCUT2D eigenvalue weighted by molar-refractivity contribution is 7.89. The van der Waals surface area contributed by atoms with Gasteiger partial charge in [-0.2, -0.15) is 4.31 Å². The molecule has 1 aliphatic heterocycles. The molecule has 0 bridgehead atoms. The fraction of sp³-hybridized carbons (Fsp3) is 0.458. The van der Waals surface area contributed by atoms with Crippen molar-refractivity contribution in [2.75, 3.05) is 26.7 Å². The fourth-order valence-corrected chi connectivity index (χ4v) is 6.40. The monoisotopic (exact) mass is 487 g/mol. The molecule has 0 N–H and O–H groups in total. The Morgan fingerprint density at radius 2 is 1.82 bits per heavy atom. The van der Waals surface area contributed by atoms with Crippen molar-refractivity contribution in [3.8, 4) is 0 Å². The van der Waals surface area contributed by atoms with Crippen LogP contribution in [0, 0.1) is 10.1 Å². The number of carbonyl (C=O) groups excluding carboxylic acids is 1. The molecular formula is C24H29N3O6S. The number of nitro groups is 1. The smallest absolute Gasteiger partial charge is 0.323 e. The zero-order chi connectivity index (χ0) is 24.5. The maximum Gasteiger partial charge on any atom is 0.323 e. The Kier molecular flexibility index (Phi) is 7.01. The summed E-state index contributed by atoms with van der Waals surface area (Å²) in [7, 11) is -2.73. The summed E-state index contributed by atoms with van der Waals surface area (Å²) >= 11 is 0. The highest BCUT2D eigenvalue weighted by Crippen LogP contribution is 2.40. The second-order valence-electron chi connectivity index (χ2n) is 8.94. The van der Waals surface area contributed by atoms with Crippen molar-refractivity contribution >= 4 is 21.7 Å². The van der Waals surface area contributed by atoms with Crippen LogP contribution in [0.3, 0.4) is 0 Å². The molecule has 4 rings (SSSR count). The Balaban J connectivity index is 1.51. The van der Waals surface area contributed by atoms with E-state index in [1.807, 2.05) is 17.0 Å². The molecule has 1 saturated carbocycles. The molecule has 2 atom stereocenters. The first kappa shape index (κ1) is 24.3. The van der Waals surface area contributed by atoms with Crippen molar-refractivity contribution in [1.29, 1.82) is 0 Å². The van der Waals surface area contributed by atoms with E-state index in [9.17, 15) is 23.3 Å². The van der Waals surface area contributed by atoms with Crippen LogP contribution >= 0.6 is 0 Å². The molecule has 1 aliphatic carbocycles. The quantitative estimate of drug-likeness (QED) is 0.320. The van der Waals surface area contributed by atoms with Gasteiger partial charge in [-0.05, 0) is 49.3 Å². The topological polar surface area (TPSA) is 110 Å². The first-order valence-corrected chi connectivity index (χ1v) is 12.8. The molecule has 2 aromatic carbocycles. The molecular weight excluding hydrogens is 458 g/mol. The number of esters is 1. The zero-order valence-electron chi connectivity index (χ0n) is 19.3. The van der Waals surface area contributed by atoms with Gasteiger partial charge in [0, 0.05) is 31.7 Å². The number of benzene rings is 2. The second-order valence-corrected chi connectivity index (χ2v) is 10.8. The highest BCUT2D eigenvalue weighted by Gasteiger charge is 2.40. The number of rotatable bonds is 8. The minimum atomic E-state index is -4.08. The Morgan fingerprint density at radius 3 is 2.41 bits per heavy atom. The first-order chi connectivity index (χ1) is 16.2. The van der Waals surface area contributed by atoms with E-state index >= 15 is 0 Å². The summed E-state index contributed by atoms with van der Waals surface area (Å²) in [6, 6.07) is 12.6. The van der Waals surface area contributed by atoms with Crippen LogP contribution in [0.1, 0.15) is 36.8 Å². The number of sulfonamides is 1. The maximum absolute atomic E-state index is 13.3. The van der Waals surface area contributed by atoms with Crippen LogP contribution in [-0.2, 0) is 26.0 Å². The lowest BCUT2D eigenvalue weighted by Gasteiger charge is -2.41. The number of ether oxygens (including phenoxy) is 1. The predicted molar refractivity (Wildman–Crippen MR) is 126 cm³/mol. The van der Waals surface area contributed by atoms with Crippen LogP contribution in [0.4, 0.5) is 5.69 Å². The van der Waals surface area contributed by atoms with Gasteiger partial charge < -0.3 is 4.74 Å². The Morgan fingerprint density at radius 1 is 1.15 bits per heavy atom. The molecule has 2 fully saturated rings. The van der Waals surface area contributed by atoms with Crippen LogP contribution in [0.2, 0.25) is 0 Å². The van der Waals surface area contributed by atoms with Crippen molar-refractivity contribution < 1.29 is 22.9 Å². The van der Waals surface area contributed by atoms with Gasteiger partial charge in [-0.1, -0.05) is 36.4 Å². The normalized spacial score (nSPS) is 20.6. The van der Waals surface area contributed by atoms with Crippen LogP contribution in [0.15, 0.2) is 53.4 Å². The SMILES string of the molecule is COC(=O)[C@H](Cc1ccc(C2CC2)cc1)N1CCN(S(=O)(=O)c2ccccc2[N+](=O)[O-])[C@@H](C)C1. The molecule has 0 radical (unpaired) electrons. The summed E-state index contributed by atoms with van der Waals surface area (Å²) in [6.45, 7) is 2.48. The summed E-state index contributed by atoms with van der Waals surface area (Å²) < 4.78 is 32.9. The van der Waals surface area contributed by atoms with E-state index in [0.29, 0.717) is 25.4 Å². The molecule has 2 aliphatic rings. The molecule has 1 saturated heterocycles. The first-order valence-electron chi connectivity index (χ1n) is 11.4.